The Balaban J connectivity index is 2.02. The molecule has 1 aliphatic rings. The standard InChI is InChI=1S/C10H14ClNOS/c11-9-4-3-8(14-9)10(7-1-2-7)13-6-5-12/h3-4,7,10H,1-2,5-6,12H2. The van der Waals surface area contributed by atoms with Crippen molar-refractivity contribution < 1.29 is 4.74 Å². The molecule has 78 valence electrons. The van der Waals surface area contributed by atoms with Gasteiger partial charge in [-0.3, -0.25) is 0 Å². The predicted molar refractivity (Wildman–Crippen MR) is 59.8 cm³/mol. The lowest BCUT2D eigenvalue weighted by atomic mass is 10.2. The summed E-state index contributed by atoms with van der Waals surface area (Å²) in [4.78, 5) is 1.24. The van der Waals surface area contributed by atoms with Gasteiger partial charge in [-0.1, -0.05) is 11.6 Å². The smallest absolute Gasteiger partial charge is 0.0945 e. The molecule has 0 spiro atoms. The molecule has 1 unspecified atom stereocenters. The van der Waals surface area contributed by atoms with Gasteiger partial charge in [0.25, 0.3) is 0 Å². The molecule has 2 N–H and O–H groups in total. The fraction of sp³-hybridized carbons (Fsp3) is 0.600. The lowest BCUT2D eigenvalue weighted by Crippen LogP contribution is -2.13. The summed E-state index contributed by atoms with van der Waals surface area (Å²) in [6, 6.07) is 4.00. The molecule has 2 rings (SSSR count). The molecule has 0 aromatic carbocycles. The van der Waals surface area contributed by atoms with Gasteiger partial charge in [0.15, 0.2) is 0 Å². The lowest BCUT2D eigenvalue weighted by Gasteiger charge is -2.14. The predicted octanol–water partition coefficient (Wildman–Crippen LogP) is 2.83. The second-order valence-corrected chi connectivity index (χ2v) is 5.31. The monoisotopic (exact) mass is 231 g/mol. The van der Waals surface area contributed by atoms with Crippen LogP contribution in [0.4, 0.5) is 0 Å². The van der Waals surface area contributed by atoms with Crippen LogP contribution in [0.5, 0.6) is 0 Å². The Hall–Kier alpha value is -0.0900. The summed E-state index contributed by atoms with van der Waals surface area (Å²) in [5.74, 6) is 0.691. The van der Waals surface area contributed by atoms with Crippen molar-refractivity contribution >= 4 is 22.9 Å². The van der Waals surface area contributed by atoms with Crippen LogP contribution < -0.4 is 5.73 Å². The van der Waals surface area contributed by atoms with Gasteiger partial charge in [0, 0.05) is 11.4 Å². The van der Waals surface area contributed by atoms with Gasteiger partial charge in [-0.05, 0) is 30.9 Å². The van der Waals surface area contributed by atoms with E-state index >= 15 is 0 Å². The maximum atomic E-state index is 5.90. The number of hydrogen-bond acceptors (Lipinski definition) is 3. The van der Waals surface area contributed by atoms with E-state index < -0.39 is 0 Å². The molecule has 0 bridgehead atoms. The summed E-state index contributed by atoms with van der Waals surface area (Å²) in [5.41, 5.74) is 5.43. The van der Waals surface area contributed by atoms with E-state index in [9.17, 15) is 0 Å². The third kappa shape index (κ3) is 2.48. The van der Waals surface area contributed by atoms with E-state index in [1.165, 1.54) is 17.7 Å². The van der Waals surface area contributed by atoms with Crippen molar-refractivity contribution in [3.05, 3.63) is 21.3 Å². The molecule has 0 amide bonds. The van der Waals surface area contributed by atoms with Crippen LogP contribution in [0.3, 0.4) is 0 Å². The van der Waals surface area contributed by atoms with Crippen LogP contribution in [-0.4, -0.2) is 13.2 Å². The number of hydrogen-bond donors (Lipinski definition) is 1. The molecule has 1 atom stereocenters. The van der Waals surface area contributed by atoms with Crippen LogP contribution in [0.1, 0.15) is 23.8 Å². The minimum atomic E-state index is 0.232. The zero-order valence-electron chi connectivity index (χ0n) is 7.91. The number of halogens is 1. The molecule has 14 heavy (non-hydrogen) atoms. The van der Waals surface area contributed by atoms with Crippen LogP contribution in [-0.2, 0) is 4.74 Å². The molecule has 1 aliphatic carbocycles. The topological polar surface area (TPSA) is 35.2 Å². The van der Waals surface area contributed by atoms with Crippen molar-refractivity contribution in [3.63, 3.8) is 0 Å². The SMILES string of the molecule is NCCOC(c1ccc(Cl)s1)C1CC1. The van der Waals surface area contributed by atoms with E-state index in [2.05, 4.69) is 6.07 Å². The third-order valence-electron chi connectivity index (χ3n) is 2.34. The number of rotatable bonds is 5. The molecule has 0 saturated heterocycles. The fourth-order valence-corrected chi connectivity index (χ4v) is 2.73. The lowest BCUT2D eigenvalue weighted by molar-refractivity contribution is 0.0450. The maximum absolute atomic E-state index is 5.90. The highest BCUT2D eigenvalue weighted by atomic mass is 35.5. The zero-order chi connectivity index (χ0) is 9.97. The van der Waals surface area contributed by atoms with E-state index in [1.54, 1.807) is 11.3 Å². The van der Waals surface area contributed by atoms with Gasteiger partial charge in [0.05, 0.1) is 17.0 Å². The van der Waals surface area contributed by atoms with Gasteiger partial charge in [-0.25, -0.2) is 0 Å². The van der Waals surface area contributed by atoms with Crippen molar-refractivity contribution in [2.75, 3.05) is 13.2 Å². The van der Waals surface area contributed by atoms with E-state index in [1.807, 2.05) is 6.07 Å². The first-order valence-electron chi connectivity index (χ1n) is 4.88. The summed E-state index contributed by atoms with van der Waals surface area (Å²) >= 11 is 7.52. The Kier molecular flexibility index (Phi) is 3.44. The largest absolute Gasteiger partial charge is 0.371 e. The molecule has 1 heterocycles. The van der Waals surface area contributed by atoms with Gasteiger partial charge >= 0.3 is 0 Å². The van der Waals surface area contributed by atoms with Crippen LogP contribution in [0.2, 0.25) is 4.34 Å². The molecule has 0 aliphatic heterocycles. The average molecular weight is 232 g/mol. The summed E-state index contributed by atoms with van der Waals surface area (Å²) in [5, 5.41) is 0. The van der Waals surface area contributed by atoms with Crippen molar-refractivity contribution in [3.8, 4) is 0 Å². The van der Waals surface area contributed by atoms with Gasteiger partial charge in [0.2, 0.25) is 0 Å². The van der Waals surface area contributed by atoms with Gasteiger partial charge in [0.1, 0.15) is 0 Å². The zero-order valence-corrected chi connectivity index (χ0v) is 9.48. The van der Waals surface area contributed by atoms with E-state index in [4.69, 9.17) is 22.1 Å². The minimum absolute atomic E-state index is 0.232. The summed E-state index contributed by atoms with van der Waals surface area (Å²) in [6.07, 6.45) is 2.77. The summed E-state index contributed by atoms with van der Waals surface area (Å²) in [6.45, 7) is 1.22. The van der Waals surface area contributed by atoms with Crippen LogP contribution in [0.15, 0.2) is 12.1 Å². The van der Waals surface area contributed by atoms with Crippen molar-refractivity contribution in [1.29, 1.82) is 0 Å². The first-order chi connectivity index (χ1) is 6.81. The van der Waals surface area contributed by atoms with E-state index in [0.717, 1.165) is 4.34 Å². The number of ether oxygens (including phenoxy) is 1. The number of nitrogens with two attached hydrogens (primary N) is 1. The molecule has 1 aromatic rings. The highest BCUT2D eigenvalue weighted by Crippen LogP contribution is 2.45. The van der Waals surface area contributed by atoms with E-state index in [0.29, 0.717) is 19.1 Å². The van der Waals surface area contributed by atoms with Crippen LogP contribution >= 0.6 is 22.9 Å². The highest BCUT2D eigenvalue weighted by Gasteiger charge is 2.33. The van der Waals surface area contributed by atoms with Crippen LogP contribution in [0, 0.1) is 5.92 Å². The average Bonchev–Trinajstić information content (AvgIpc) is 2.91. The summed E-state index contributed by atoms with van der Waals surface area (Å²) in [7, 11) is 0. The van der Waals surface area contributed by atoms with Crippen molar-refractivity contribution in [2.45, 2.75) is 18.9 Å². The summed E-state index contributed by atoms with van der Waals surface area (Å²) < 4.78 is 6.58. The molecular formula is C10H14ClNOS. The Morgan fingerprint density at radius 3 is 2.86 bits per heavy atom. The maximum Gasteiger partial charge on any atom is 0.0945 e. The normalized spacial score (nSPS) is 18.4. The second kappa shape index (κ2) is 4.62. The van der Waals surface area contributed by atoms with E-state index in [-0.39, 0.29) is 6.10 Å². The molecule has 1 fully saturated rings. The third-order valence-corrected chi connectivity index (χ3v) is 3.63. The number of thiophene rings is 1. The first-order valence-corrected chi connectivity index (χ1v) is 6.07. The van der Waals surface area contributed by atoms with Crippen molar-refractivity contribution in [2.24, 2.45) is 11.7 Å². The highest BCUT2D eigenvalue weighted by molar-refractivity contribution is 7.16. The first kappa shape index (κ1) is 10.4. The quantitative estimate of drug-likeness (QED) is 0.846. The van der Waals surface area contributed by atoms with Gasteiger partial charge in [-0.15, -0.1) is 11.3 Å². The minimum Gasteiger partial charge on any atom is -0.371 e. The Labute approximate surface area is 93.0 Å². The molecule has 1 aromatic heterocycles. The van der Waals surface area contributed by atoms with Crippen molar-refractivity contribution in [1.82, 2.24) is 0 Å². The second-order valence-electron chi connectivity index (χ2n) is 3.56. The fourth-order valence-electron chi connectivity index (χ4n) is 1.53. The van der Waals surface area contributed by atoms with Gasteiger partial charge < -0.3 is 10.5 Å². The molecule has 1 saturated carbocycles. The molecule has 2 nitrogen and oxygen atoms in total. The Morgan fingerprint density at radius 1 is 1.57 bits per heavy atom. The Morgan fingerprint density at radius 2 is 2.36 bits per heavy atom. The molecular weight excluding hydrogens is 218 g/mol. The Bertz CT molecular complexity index is 298. The molecule has 0 radical (unpaired) electrons. The van der Waals surface area contributed by atoms with Crippen LogP contribution in [0.25, 0.3) is 0 Å². The van der Waals surface area contributed by atoms with Gasteiger partial charge in [-0.2, -0.15) is 0 Å². The molecule has 4 heteroatoms.